The SMILES string of the molecule is COC(=O)[C@H](Cc1ccccc1)NC(=O)N1CCc2c([nH]c3ccccc23)C1. The summed E-state index contributed by atoms with van der Waals surface area (Å²) >= 11 is 0. The molecular weight excluding hydrogens is 354 g/mol. The van der Waals surface area contributed by atoms with Crippen LogP contribution in [0.3, 0.4) is 0 Å². The highest BCUT2D eigenvalue weighted by Gasteiger charge is 2.28. The van der Waals surface area contributed by atoms with Crippen LogP contribution >= 0.6 is 0 Å². The number of nitrogens with zero attached hydrogens (tertiary/aromatic N) is 1. The molecule has 0 fully saturated rings. The number of hydrogen-bond donors (Lipinski definition) is 2. The Bertz CT molecular complexity index is 997. The van der Waals surface area contributed by atoms with E-state index in [4.69, 9.17) is 4.74 Å². The highest BCUT2D eigenvalue weighted by molar-refractivity contribution is 5.86. The number of benzene rings is 2. The minimum atomic E-state index is -0.719. The first kappa shape index (κ1) is 18.1. The van der Waals surface area contributed by atoms with Crippen LogP contribution in [-0.4, -0.2) is 41.6 Å². The molecule has 6 heteroatoms. The van der Waals surface area contributed by atoms with E-state index in [0.717, 1.165) is 23.2 Å². The number of esters is 1. The number of para-hydroxylation sites is 1. The van der Waals surface area contributed by atoms with Crippen molar-refractivity contribution in [3.8, 4) is 0 Å². The van der Waals surface area contributed by atoms with Gasteiger partial charge in [-0.25, -0.2) is 9.59 Å². The first-order chi connectivity index (χ1) is 13.7. The molecule has 28 heavy (non-hydrogen) atoms. The van der Waals surface area contributed by atoms with Crippen molar-refractivity contribution < 1.29 is 14.3 Å². The Hall–Kier alpha value is -3.28. The number of methoxy groups -OCH3 is 1. The predicted molar refractivity (Wildman–Crippen MR) is 107 cm³/mol. The molecule has 2 aromatic carbocycles. The Labute approximate surface area is 163 Å². The van der Waals surface area contributed by atoms with Gasteiger partial charge in [-0.05, 0) is 23.6 Å². The number of carbonyl (C=O) groups is 2. The van der Waals surface area contributed by atoms with Crippen LogP contribution in [-0.2, 0) is 28.9 Å². The van der Waals surface area contributed by atoms with Crippen molar-refractivity contribution in [2.24, 2.45) is 0 Å². The van der Waals surface area contributed by atoms with Gasteiger partial charge in [-0.15, -0.1) is 0 Å². The van der Waals surface area contributed by atoms with Crippen LogP contribution in [0.5, 0.6) is 0 Å². The fourth-order valence-electron chi connectivity index (χ4n) is 3.79. The first-order valence-electron chi connectivity index (χ1n) is 9.41. The summed E-state index contributed by atoms with van der Waals surface area (Å²) in [6.07, 6.45) is 1.18. The molecule has 3 aromatic rings. The summed E-state index contributed by atoms with van der Waals surface area (Å²) in [5.74, 6) is -0.444. The third-order valence-electron chi connectivity index (χ3n) is 5.24. The van der Waals surface area contributed by atoms with Gasteiger partial charge in [0.15, 0.2) is 0 Å². The summed E-state index contributed by atoms with van der Waals surface area (Å²) in [5.41, 5.74) is 4.38. The van der Waals surface area contributed by atoms with E-state index >= 15 is 0 Å². The number of amides is 2. The molecule has 0 unspecified atom stereocenters. The number of ether oxygens (including phenoxy) is 1. The van der Waals surface area contributed by atoms with Crippen LogP contribution in [0, 0.1) is 0 Å². The van der Waals surface area contributed by atoms with Crippen molar-refractivity contribution in [1.82, 2.24) is 15.2 Å². The minimum absolute atomic E-state index is 0.254. The predicted octanol–water partition coefficient (Wildman–Crippen LogP) is 3.02. The number of H-pyrrole nitrogens is 1. The zero-order chi connectivity index (χ0) is 19.5. The lowest BCUT2D eigenvalue weighted by Gasteiger charge is -2.29. The van der Waals surface area contributed by atoms with E-state index in [1.807, 2.05) is 48.5 Å². The summed E-state index contributed by atoms with van der Waals surface area (Å²) in [4.78, 5) is 30.2. The van der Waals surface area contributed by atoms with E-state index in [2.05, 4.69) is 16.4 Å². The Morgan fingerprint density at radius 1 is 1.14 bits per heavy atom. The van der Waals surface area contributed by atoms with Gasteiger partial charge in [-0.1, -0.05) is 48.5 Å². The number of hydrogen-bond acceptors (Lipinski definition) is 3. The number of aromatic amines is 1. The lowest BCUT2D eigenvalue weighted by atomic mass is 10.0. The van der Waals surface area contributed by atoms with Crippen molar-refractivity contribution in [2.75, 3.05) is 13.7 Å². The highest BCUT2D eigenvalue weighted by Crippen LogP contribution is 2.27. The van der Waals surface area contributed by atoms with E-state index < -0.39 is 12.0 Å². The topological polar surface area (TPSA) is 74.4 Å². The number of rotatable bonds is 4. The van der Waals surface area contributed by atoms with E-state index in [9.17, 15) is 9.59 Å². The van der Waals surface area contributed by atoms with Gasteiger partial charge in [-0.2, -0.15) is 0 Å². The average molecular weight is 377 g/mol. The molecule has 2 heterocycles. The first-order valence-corrected chi connectivity index (χ1v) is 9.41. The molecule has 1 aromatic heterocycles. The molecule has 2 N–H and O–H groups in total. The van der Waals surface area contributed by atoms with Gasteiger partial charge in [0.25, 0.3) is 0 Å². The number of nitrogens with one attached hydrogen (secondary N) is 2. The van der Waals surface area contributed by atoms with Crippen molar-refractivity contribution >= 4 is 22.9 Å². The maximum absolute atomic E-state index is 12.8. The second-order valence-electron chi connectivity index (χ2n) is 7.01. The maximum atomic E-state index is 12.8. The molecule has 1 atom stereocenters. The minimum Gasteiger partial charge on any atom is -0.467 e. The molecule has 144 valence electrons. The van der Waals surface area contributed by atoms with Gasteiger partial charge in [0.2, 0.25) is 0 Å². The Morgan fingerprint density at radius 2 is 1.89 bits per heavy atom. The van der Waals surface area contributed by atoms with E-state index in [1.54, 1.807) is 4.90 Å². The lowest BCUT2D eigenvalue weighted by molar-refractivity contribution is -0.142. The lowest BCUT2D eigenvalue weighted by Crippen LogP contribution is -2.50. The van der Waals surface area contributed by atoms with Gasteiger partial charge in [-0.3, -0.25) is 0 Å². The second-order valence-corrected chi connectivity index (χ2v) is 7.01. The molecule has 0 radical (unpaired) electrons. The summed E-state index contributed by atoms with van der Waals surface area (Å²) in [6.45, 7) is 1.11. The third-order valence-corrected chi connectivity index (χ3v) is 5.24. The average Bonchev–Trinajstić information content (AvgIpc) is 3.11. The Kier molecular flexibility index (Phi) is 5.02. The van der Waals surface area contributed by atoms with Crippen LogP contribution in [0.1, 0.15) is 16.8 Å². The molecular formula is C22H23N3O3. The van der Waals surface area contributed by atoms with Crippen LogP contribution in [0.4, 0.5) is 4.79 Å². The summed E-state index contributed by atoms with van der Waals surface area (Å²) in [6, 6.07) is 16.8. The fourth-order valence-corrected chi connectivity index (χ4v) is 3.79. The van der Waals surface area contributed by atoms with E-state index in [0.29, 0.717) is 19.5 Å². The van der Waals surface area contributed by atoms with Crippen molar-refractivity contribution in [2.45, 2.75) is 25.4 Å². The molecule has 1 aliphatic heterocycles. The molecule has 0 saturated carbocycles. The zero-order valence-corrected chi connectivity index (χ0v) is 15.8. The Morgan fingerprint density at radius 3 is 2.68 bits per heavy atom. The van der Waals surface area contributed by atoms with Crippen molar-refractivity contribution in [3.05, 3.63) is 71.4 Å². The molecule has 1 aliphatic rings. The van der Waals surface area contributed by atoms with Gasteiger partial charge in [0.1, 0.15) is 6.04 Å². The quantitative estimate of drug-likeness (QED) is 0.687. The van der Waals surface area contributed by atoms with E-state index in [1.165, 1.54) is 18.1 Å². The van der Waals surface area contributed by atoms with Crippen molar-refractivity contribution in [3.63, 3.8) is 0 Å². The molecule has 6 nitrogen and oxygen atoms in total. The zero-order valence-electron chi connectivity index (χ0n) is 15.8. The summed E-state index contributed by atoms with van der Waals surface area (Å²) in [7, 11) is 1.34. The highest BCUT2D eigenvalue weighted by atomic mass is 16.5. The smallest absolute Gasteiger partial charge is 0.328 e. The number of carbonyl (C=O) groups excluding carboxylic acids is 2. The maximum Gasteiger partial charge on any atom is 0.328 e. The molecule has 0 aliphatic carbocycles. The fraction of sp³-hybridized carbons (Fsp3) is 0.273. The summed E-state index contributed by atoms with van der Waals surface area (Å²) in [5, 5.41) is 4.07. The molecule has 0 bridgehead atoms. The normalized spacial score (nSPS) is 14.4. The van der Waals surface area contributed by atoms with Crippen LogP contribution < -0.4 is 5.32 Å². The van der Waals surface area contributed by atoms with Crippen LogP contribution in [0.25, 0.3) is 10.9 Å². The largest absolute Gasteiger partial charge is 0.467 e. The van der Waals surface area contributed by atoms with Crippen molar-refractivity contribution in [1.29, 1.82) is 0 Å². The number of fused-ring (bicyclic) bond motifs is 3. The van der Waals surface area contributed by atoms with Gasteiger partial charge < -0.3 is 19.9 Å². The second kappa shape index (κ2) is 7.76. The van der Waals surface area contributed by atoms with Gasteiger partial charge in [0, 0.05) is 29.6 Å². The third kappa shape index (κ3) is 3.58. The molecule has 2 amide bonds. The van der Waals surface area contributed by atoms with Crippen LogP contribution in [0.2, 0.25) is 0 Å². The number of aromatic nitrogens is 1. The van der Waals surface area contributed by atoms with Gasteiger partial charge in [0.05, 0.1) is 13.7 Å². The van der Waals surface area contributed by atoms with E-state index in [-0.39, 0.29) is 6.03 Å². The van der Waals surface area contributed by atoms with Gasteiger partial charge >= 0.3 is 12.0 Å². The monoisotopic (exact) mass is 377 g/mol. The summed E-state index contributed by atoms with van der Waals surface area (Å²) < 4.78 is 4.89. The molecule has 0 saturated heterocycles. The molecule has 4 rings (SSSR count). The van der Waals surface area contributed by atoms with Crippen LogP contribution in [0.15, 0.2) is 54.6 Å². The Balaban J connectivity index is 1.48. The molecule has 0 spiro atoms. The number of urea groups is 1. The standard InChI is InChI=1S/C22H23N3O3/c1-28-21(26)19(13-15-7-3-2-4-8-15)24-22(27)25-12-11-17-16-9-5-6-10-18(16)23-20(17)14-25/h2-10,19,23H,11-14H2,1H3,(H,24,27)/t19-/m0/s1.